The topological polar surface area (TPSA) is 75.4 Å². The first-order chi connectivity index (χ1) is 14.7. The Balaban J connectivity index is 0.00000193. The van der Waals surface area contributed by atoms with Crippen LogP contribution in [-0.4, -0.2) is 52.5 Å². The van der Waals surface area contributed by atoms with Gasteiger partial charge in [-0.3, -0.25) is 4.79 Å². The van der Waals surface area contributed by atoms with E-state index in [-0.39, 0.29) is 42.5 Å². The zero-order valence-electron chi connectivity index (χ0n) is 19.5. The van der Waals surface area contributed by atoms with Crippen molar-refractivity contribution in [2.75, 3.05) is 31.1 Å². The summed E-state index contributed by atoms with van der Waals surface area (Å²) in [5.74, 6) is 0.879. The van der Waals surface area contributed by atoms with Crippen molar-refractivity contribution >= 4 is 36.5 Å². The molecule has 0 unspecified atom stereocenters. The number of hydrogen-bond acceptors (Lipinski definition) is 5. The van der Waals surface area contributed by atoms with Crippen molar-refractivity contribution in [1.29, 1.82) is 0 Å². The molecule has 0 bridgehead atoms. The van der Waals surface area contributed by atoms with Crippen molar-refractivity contribution in [1.82, 2.24) is 14.9 Å². The Bertz CT molecular complexity index is 943. The standard InChI is InChI=1S/C24H32FN5O.2ClH/c1-16-4-9-20-21(16)22(28-15-27-20)29-10-12-30(13-11-29)23(31)19(14-24(2,3)26)17-5-7-18(25)8-6-17;;/h5-8,15-16,19H,4,9-14,26H2,1-3H3;2*1H/t16-,19-;;/m1../s1. The van der Waals surface area contributed by atoms with Crippen LogP contribution in [0.2, 0.25) is 0 Å². The number of rotatable bonds is 5. The summed E-state index contributed by atoms with van der Waals surface area (Å²) < 4.78 is 13.4. The van der Waals surface area contributed by atoms with Gasteiger partial charge in [0.15, 0.2) is 0 Å². The Kier molecular flexibility index (Phi) is 9.08. The van der Waals surface area contributed by atoms with Crippen LogP contribution in [0.3, 0.4) is 0 Å². The maximum Gasteiger partial charge on any atom is 0.230 e. The highest BCUT2D eigenvalue weighted by Crippen LogP contribution is 2.37. The van der Waals surface area contributed by atoms with Crippen LogP contribution in [0.1, 0.15) is 62.3 Å². The second-order valence-electron chi connectivity index (χ2n) is 9.61. The molecule has 2 heterocycles. The molecule has 1 aliphatic heterocycles. The zero-order valence-corrected chi connectivity index (χ0v) is 21.1. The van der Waals surface area contributed by atoms with Crippen LogP contribution in [0.15, 0.2) is 30.6 Å². The van der Waals surface area contributed by atoms with E-state index in [2.05, 4.69) is 21.8 Å². The minimum Gasteiger partial charge on any atom is -0.353 e. The third-order valence-corrected chi connectivity index (χ3v) is 6.44. The number of anilines is 1. The molecule has 2 atom stereocenters. The summed E-state index contributed by atoms with van der Waals surface area (Å²) in [5.41, 5.74) is 9.01. The highest BCUT2D eigenvalue weighted by Gasteiger charge is 2.33. The molecular weight excluding hydrogens is 464 g/mol. The van der Waals surface area contributed by atoms with Crippen molar-refractivity contribution < 1.29 is 9.18 Å². The van der Waals surface area contributed by atoms with E-state index in [9.17, 15) is 9.18 Å². The lowest BCUT2D eigenvalue weighted by Gasteiger charge is -2.38. The maximum atomic E-state index is 13.5. The monoisotopic (exact) mass is 497 g/mol. The van der Waals surface area contributed by atoms with Gasteiger partial charge in [0.25, 0.3) is 0 Å². The molecule has 33 heavy (non-hydrogen) atoms. The number of fused-ring (bicyclic) bond motifs is 1. The molecule has 182 valence electrons. The molecule has 1 aliphatic carbocycles. The van der Waals surface area contributed by atoms with E-state index >= 15 is 0 Å². The number of aryl methyl sites for hydroxylation is 1. The first-order valence-corrected chi connectivity index (χ1v) is 11.1. The van der Waals surface area contributed by atoms with E-state index in [1.54, 1.807) is 18.5 Å². The van der Waals surface area contributed by atoms with Gasteiger partial charge < -0.3 is 15.5 Å². The van der Waals surface area contributed by atoms with Crippen molar-refractivity contribution in [2.24, 2.45) is 5.73 Å². The third kappa shape index (κ3) is 6.14. The molecule has 2 N–H and O–H groups in total. The minimum absolute atomic E-state index is 0. The number of piperazine rings is 1. The molecule has 2 aromatic rings. The van der Waals surface area contributed by atoms with E-state index in [1.807, 2.05) is 18.7 Å². The number of amides is 1. The molecule has 1 aromatic carbocycles. The van der Waals surface area contributed by atoms with Gasteiger partial charge in [0, 0.05) is 43.0 Å². The van der Waals surface area contributed by atoms with E-state index in [0.29, 0.717) is 25.4 Å². The number of benzene rings is 1. The van der Waals surface area contributed by atoms with Gasteiger partial charge in [-0.1, -0.05) is 19.1 Å². The third-order valence-electron chi connectivity index (χ3n) is 6.44. The number of nitrogens with two attached hydrogens (primary N) is 1. The van der Waals surface area contributed by atoms with Crippen molar-refractivity contribution in [3.05, 3.63) is 53.2 Å². The largest absolute Gasteiger partial charge is 0.353 e. The predicted octanol–water partition coefficient (Wildman–Crippen LogP) is 4.07. The van der Waals surface area contributed by atoms with E-state index in [1.165, 1.54) is 17.7 Å². The van der Waals surface area contributed by atoms with Crippen molar-refractivity contribution in [3.8, 4) is 0 Å². The van der Waals surface area contributed by atoms with Crippen LogP contribution in [0.5, 0.6) is 0 Å². The van der Waals surface area contributed by atoms with Crippen LogP contribution in [0.4, 0.5) is 10.2 Å². The fourth-order valence-corrected chi connectivity index (χ4v) is 4.80. The van der Waals surface area contributed by atoms with E-state index in [4.69, 9.17) is 5.73 Å². The first-order valence-electron chi connectivity index (χ1n) is 11.1. The Morgan fingerprint density at radius 1 is 1.15 bits per heavy atom. The molecule has 6 nitrogen and oxygen atoms in total. The Hall–Kier alpha value is -1.96. The summed E-state index contributed by atoms with van der Waals surface area (Å²) >= 11 is 0. The number of carbonyl (C=O) groups excluding carboxylic acids is 1. The number of carbonyl (C=O) groups is 1. The molecule has 1 fully saturated rings. The van der Waals surface area contributed by atoms with Gasteiger partial charge in [0.1, 0.15) is 18.0 Å². The predicted molar refractivity (Wildman–Crippen MR) is 134 cm³/mol. The van der Waals surface area contributed by atoms with Gasteiger partial charge in [0.2, 0.25) is 5.91 Å². The summed E-state index contributed by atoms with van der Waals surface area (Å²) in [7, 11) is 0. The van der Waals surface area contributed by atoms with Gasteiger partial charge in [-0.2, -0.15) is 0 Å². The number of nitrogens with zero attached hydrogens (tertiary/aromatic N) is 4. The Morgan fingerprint density at radius 3 is 2.39 bits per heavy atom. The molecule has 9 heteroatoms. The molecule has 1 saturated heterocycles. The molecule has 2 aliphatic rings. The first kappa shape index (κ1) is 27.3. The van der Waals surface area contributed by atoms with Crippen LogP contribution < -0.4 is 10.6 Å². The van der Waals surface area contributed by atoms with Gasteiger partial charge in [-0.15, -0.1) is 24.8 Å². The summed E-state index contributed by atoms with van der Waals surface area (Å²) in [6.45, 7) is 8.83. The fourth-order valence-electron chi connectivity index (χ4n) is 4.80. The fraction of sp³-hybridized carbons (Fsp3) is 0.542. The van der Waals surface area contributed by atoms with Crippen LogP contribution in [0, 0.1) is 5.82 Å². The number of halogens is 3. The molecular formula is C24H34Cl2FN5O. The number of hydrogen-bond donors (Lipinski definition) is 1. The highest BCUT2D eigenvalue weighted by molar-refractivity contribution is 5.86. The zero-order chi connectivity index (χ0) is 22.2. The summed E-state index contributed by atoms with van der Waals surface area (Å²) in [6.07, 6.45) is 4.30. The summed E-state index contributed by atoms with van der Waals surface area (Å²) in [6, 6.07) is 6.22. The van der Waals surface area contributed by atoms with Crippen LogP contribution in [-0.2, 0) is 11.2 Å². The highest BCUT2D eigenvalue weighted by atomic mass is 35.5. The minimum atomic E-state index is -0.506. The average molecular weight is 498 g/mol. The molecule has 0 saturated carbocycles. The molecule has 4 rings (SSSR count). The molecule has 0 spiro atoms. The summed E-state index contributed by atoms with van der Waals surface area (Å²) in [5, 5.41) is 0. The normalized spacial score (nSPS) is 18.8. The van der Waals surface area contributed by atoms with Gasteiger partial charge >= 0.3 is 0 Å². The molecule has 1 amide bonds. The van der Waals surface area contributed by atoms with Gasteiger partial charge in [-0.05, 0) is 56.7 Å². The van der Waals surface area contributed by atoms with Gasteiger partial charge in [0.05, 0.1) is 5.92 Å². The van der Waals surface area contributed by atoms with E-state index in [0.717, 1.165) is 43.0 Å². The van der Waals surface area contributed by atoms with Gasteiger partial charge in [-0.25, -0.2) is 14.4 Å². The summed E-state index contributed by atoms with van der Waals surface area (Å²) in [4.78, 5) is 26.7. The average Bonchev–Trinajstić information content (AvgIpc) is 3.13. The maximum absolute atomic E-state index is 13.5. The molecule has 1 aromatic heterocycles. The second-order valence-corrected chi connectivity index (χ2v) is 9.61. The Morgan fingerprint density at radius 2 is 1.79 bits per heavy atom. The molecule has 0 radical (unpaired) electrons. The lowest BCUT2D eigenvalue weighted by molar-refractivity contribution is -0.133. The Labute approximate surface area is 208 Å². The van der Waals surface area contributed by atoms with Crippen molar-refractivity contribution in [3.63, 3.8) is 0 Å². The SMILES string of the molecule is C[C@@H]1CCc2ncnc(N3CCN(C(=O)[C@H](CC(C)(C)N)c4ccc(F)cc4)CC3)c21.Cl.Cl. The van der Waals surface area contributed by atoms with Crippen LogP contribution in [0.25, 0.3) is 0 Å². The van der Waals surface area contributed by atoms with Crippen LogP contribution >= 0.6 is 24.8 Å². The smallest absolute Gasteiger partial charge is 0.230 e. The quantitative estimate of drug-likeness (QED) is 0.673. The number of aromatic nitrogens is 2. The van der Waals surface area contributed by atoms with E-state index < -0.39 is 5.54 Å². The lowest BCUT2D eigenvalue weighted by atomic mass is 9.85. The lowest BCUT2D eigenvalue weighted by Crippen LogP contribution is -2.51. The second kappa shape index (κ2) is 11.0. The van der Waals surface area contributed by atoms with Crippen molar-refractivity contribution in [2.45, 2.75) is 57.4 Å².